The van der Waals surface area contributed by atoms with E-state index in [9.17, 15) is 0 Å². The summed E-state index contributed by atoms with van der Waals surface area (Å²) in [5.41, 5.74) is 1.48. The Labute approximate surface area is 159 Å². The van der Waals surface area contributed by atoms with Gasteiger partial charge in [0.25, 0.3) is 0 Å². The van der Waals surface area contributed by atoms with Crippen molar-refractivity contribution in [1.82, 2.24) is 4.98 Å². The summed E-state index contributed by atoms with van der Waals surface area (Å²) in [6, 6.07) is 6.09. The number of nitrogens with zero attached hydrogens (tertiary/aromatic N) is 3. The second kappa shape index (κ2) is 10.3. The van der Waals surface area contributed by atoms with Crippen molar-refractivity contribution in [2.75, 3.05) is 13.2 Å². The molecule has 2 aliphatic rings. The third-order valence-corrected chi connectivity index (χ3v) is 2.79. The van der Waals surface area contributed by atoms with E-state index in [-0.39, 0.29) is 66.4 Å². The molecular formula is C13H15Cl3FeN3O2. The van der Waals surface area contributed by atoms with Crippen molar-refractivity contribution in [2.45, 2.75) is 25.9 Å². The van der Waals surface area contributed by atoms with Gasteiger partial charge in [-0.2, -0.15) is 0 Å². The second-order valence-electron chi connectivity index (χ2n) is 4.60. The molecule has 1 radical (unpaired) electrons. The molecule has 3 heterocycles. The van der Waals surface area contributed by atoms with Gasteiger partial charge in [0.05, 0.1) is 12.1 Å². The van der Waals surface area contributed by atoms with E-state index in [0.717, 1.165) is 11.4 Å². The van der Waals surface area contributed by atoms with Crippen LogP contribution in [0.1, 0.15) is 25.2 Å². The molecule has 1 aromatic rings. The maximum atomic E-state index is 5.50. The summed E-state index contributed by atoms with van der Waals surface area (Å²) in [5, 5.41) is 0. The molecule has 0 saturated heterocycles. The SMILES string of the molecule is CC1COC(c2cccc(C3=NC(C)CO3)n2)=N1.[Cl-].[Cl-].[Cl-].[Fe+3]. The molecule has 2 unspecified atom stereocenters. The molecule has 22 heavy (non-hydrogen) atoms. The zero-order valence-corrected chi connectivity index (χ0v) is 15.3. The molecule has 0 aromatic carbocycles. The standard InChI is InChI=1S/C13H15N3O2.3ClH.Fe/c1-8-6-17-12(14-8)10-4-3-5-11(16-10)13-15-9(2)7-18-13;;;;/h3-5,8-9H,6-7H2,1-2H3;3*1H;/q;;;;+3/p-3. The monoisotopic (exact) mass is 406 g/mol. The molecule has 0 amide bonds. The van der Waals surface area contributed by atoms with Gasteiger partial charge >= 0.3 is 17.1 Å². The summed E-state index contributed by atoms with van der Waals surface area (Å²) < 4.78 is 11.0. The molecule has 123 valence electrons. The van der Waals surface area contributed by atoms with Crippen LogP contribution in [-0.4, -0.2) is 42.1 Å². The first-order valence-electron chi connectivity index (χ1n) is 6.11. The van der Waals surface area contributed by atoms with Crippen LogP contribution in [0.3, 0.4) is 0 Å². The fourth-order valence-electron chi connectivity index (χ4n) is 1.90. The third kappa shape index (κ3) is 5.28. The van der Waals surface area contributed by atoms with Gasteiger partial charge in [0.1, 0.15) is 24.6 Å². The maximum Gasteiger partial charge on any atom is 3.00 e. The molecule has 0 aliphatic carbocycles. The van der Waals surface area contributed by atoms with Gasteiger partial charge in [-0.25, -0.2) is 15.0 Å². The predicted octanol–water partition coefficient (Wildman–Crippen LogP) is -7.58. The molecule has 0 fully saturated rings. The van der Waals surface area contributed by atoms with Crippen molar-refractivity contribution in [2.24, 2.45) is 9.98 Å². The van der Waals surface area contributed by atoms with Crippen LogP contribution in [0.2, 0.25) is 0 Å². The van der Waals surface area contributed by atoms with Crippen LogP contribution >= 0.6 is 0 Å². The molecule has 0 spiro atoms. The Morgan fingerprint density at radius 1 is 0.864 bits per heavy atom. The molecule has 2 aliphatic heterocycles. The average Bonchev–Trinajstić information content (AvgIpc) is 2.98. The first kappa shape index (κ1) is 23.7. The van der Waals surface area contributed by atoms with Gasteiger partial charge in [0, 0.05) is 0 Å². The van der Waals surface area contributed by atoms with Gasteiger partial charge in [-0.1, -0.05) is 6.07 Å². The van der Waals surface area contributed by atoms with Crippen LogP contribution < -0.4 is 37.2 Å². The smallest absolute Gasteiger partial charge is 1.00 e. The molecule has 1 aromatic heterocycles. The zero-order chi connectivity index (χ0) is 12.5. The Morgan fingerprint density at radius 3 is 1.59 bits per heavy atom. The molecule has 9 heteroatoms. The van der Waals surface area contributed by atoms with Crippen LogP contribution in [0, 0.1) is 0 Å². The summed E-state index contributed by atoms with van der Waals surface area (Å²) in [6.07, 6.45) is 0. The van der Waals surface area contributed by atoms with E-state index in [1.54, 1.807) is 0 Å². The number of hydrogen-bond acceptors (Lipinski definition) is 5. The molecule has 3 rings (SSSR count). The number of aliphatic imine (C=N–C) groups is 2. The van der Waals surface area contributed by atoms with Crippen molar-refractivity contribution in [1.29, 1.82) is 0 Å². The Bertz CT molecular complexity index is 500. The average molecular weight is 407 g/mol. The number of rotatable bonds is 2. The molecule has 0 bridgehead atoms. The molecule has 5 nitrogen and oxygen atoms in total. The van der Waals surface area contributed by atoms with E-state index in [0.29, 0.717) is 25.0 Å². The van der Waals surface area contributed by atoms with Crippen LogP contribution in [-0.2, 0) is 26.5 Å². The quantitative estimate of drug-likeness (QED) is 0.458. The van der Waals surface area contributed by atoms with Crippen molar-refractivity contribution < 1.29 is 63.8 Å². The van der Waals surface area contributed by atoms with Crippen LogP contribution in [0.15, 0.2) is 28.2 Å². The van der Waals surface area contributed by atoms with Crippen molar-refractivity contribution in [3.8, 4) is 0 Å². The fourth-order valence-corrected chi connectivity index (χ4v) is 1.90. The van der Waals surface area contributed by atoms with Gasteiger partial charge in [-0.3, -0.25) is 0 Å². The van der Waals surface area contributed by atoms with Gasteiger partial charge < -0.3 is 46.7 Å². The number of aromatic nitrogens is 1. The summed E-state index contributed by atoms with van der Waals surface area (Å²) in [4.78, 5) is 13.3. The van der Waals surface area contributed by atoms with Crippen molar-refractivity contribution in [3.63, 3.8) is 0 Å². The van der Waals surface area contributed by atoms with Crippen molar-refractivity contribution >= 4 is 11.8 Å². The number of pyridine rings is 1. The minimum Gasteiger partial charge on any atom is -1.00 e. The number of halogens is 3. The Kier molecular flexibility index (Phi) is 11.1. The maximum absolute atomic E-state index is 5.50. The normalized spacial score (nSPS) is 21.5. The van der Waals surface area contributed by atoms with Gasteiger partial charge in [0.15, 0.2) is 0 Å². The predicted molar refractivity (Wildman–Crippen MR) is 68.1 cm³/mol. The van der Waals surface area contributed by atoms with E-state index < -0.39 is 0 Å². The third-order valence-electron chi connectivity index (χ3n) is 2.79. The van der Waals surface area contributed by atoms with E-state index in [1.807, 2.05) is 32.0 Å². The van der Waals surface area contributed by atoms with E-state index in [2.05, 4.69) is 15.0 Å². The van der Waals surface area contributed by atoms with E-state index >= 15 is 0 Å². The summed E-state index contributed by atoms with van der Waals surface area (Å²) >= 11 is 0. The molecular weight excluding hydrogens is 392 g/mol. The number of hydrogen-bond donors (Lipinski definition) is 0. The van der Waals surface area contributed by atoms with Gasteiger partial charge in [-0.05, 0) is 26.0 Å². The Morgan fingerprint density at radius 2 is 1.27 bits per heavy atom. The Hall–Kier alpha value is -0.521. The van der Waals surface area contributed by atoms with E-state index in [4.69, 9.17) is 9.47 Å². The minimum atomic E-state index is 0. The molecule has 2 atom stereocenters. The van der Waals surface area contributed by atoms with Crippen LogP contribution in [0.4, 0.5) is 0 Å². The zero-order valence-electron chi connectivity index (χ0n) is 11.9. The van der Waals surface area contributed by atoms with Crippen LogP contribution in [0.25, 0.3) is 0 Å². The summed E-state index contributed by atoms with van der Waals surface area (Å²) in [6.45, 7) is 5.27. The summed E-state index contributed by atoms with van der Waals surface area (Å²) in [7, 11) is 0. The van der Waals surface area contributed by atoms with Gasteiger partial charge in [-0.15, -0.1) is 0 Å². The number of ether oxygens (including phenoxy) is 2. The molecule has 0 saturated carbocycles. The fraction of sp³-hybridized carbons (Fsp3) is 0.462. The second-order valence-corrected chi connectivity index (χ2v) is 4.60. The first-order chi connectivity index (χ1) is 8.72. The largest absolute Gasteiger partial charge is 3.00 e. The first-order valence-corrected chi connectivity index (χ1v) is 6.11. The summed E-state index contributed by atoms with van der Waals surface area (Å²) in [5.74, 6) is 1.21. The Balaban J connectivity index is 0. The van der Waals surface area contributed by atoms with Crippen LogP contribution in [0.5, 0.6) is 0 Å². The molecule has 0 N–H and O–H groups in total. The van der Waals surface area contributed by atoms with Crippen molar-refractivity contribution in [3.05, 3.63) is 29.6 Å². The topological polar surface area (TPSA) is 56.1 Å². The van der Waals surface area contributed by atoms with Gasteiger partial charge in [0.2, 0.25) is 11.8 Å². The minimum absolute atomic E-state index is 0. The van der Waals surface area contributed by atoms with E-state index in [1.165, 1.54) is 0 Å².